The number of hydrogen-bond donors (Lipinski definition) is 7. The molecule has 2 heterocycles. The molecule has 0 saturated heterocycles. The molecule has 2 amide bonds. The van der Waals surface area contributed by atoms with Crippen LogP contribution in [0.4, 0.5) is 5.69 Å². The van der Waals surface area contributed by atoms with Crippen LogP contribution in [-0.4, -0.2) is 84.0 Å². The molecular formula is C20H26N7O6+. The first-order valence-corrected chi connectivity index (χ1v) is 10.3. The molecule has 0 saturated carbocycles. The van der Waals surface area contributed by atoms with E-state index >= 15 is 0 Å². The number of amidine groups is 1. The van der Waals surface area contributed by atoms with Crippen LogP contribution in [-0.2, 0) is 14.4 Å². The van der Waals surface area contributed by atoms with Gasteiger partial charge in [0, 0.05) is 17.7 Å². The quantitative estimate of drug-likeness (QED) is 0.206. The summed E-state index contributed by atoms with van der Waals surface area (Å²) >= 11 is 0. The molecule has 0 aromatic heterocycles. The van der Waals surface area contributed by atoms with Crippen LogP contribution in [0.3, 0.4) is 0 Å². The van der Waals surface area contributed by atoms with Gasteiger partial charge in [0.2, 0.25) is 12.0 Å². The van der Waals surface area contributed by atoms with Crippen molar-refractivity contribution in [3.63, 3.8) is 0 Å². The number of nitrogens with zero attached hydrogens (tertiary/aromatic N) is 2. The van der Waals surface area contributed by atoms with Gasteiger partial charge < -0.3 is 31.5 Å². The van der Waals surface area contributed by atoms with Gasteiger partial charge in [0.05, 0.1) is 20.1 Å². The Morgan fingerprint density at radius 3 is 2.61 bits per heavy atom. The molecule has 176 valence electrons. The Labute approximate surface area is 188 Å². The zero-order valence-electron chi connectivity index (χ0n) is 17.9. The zero-order chi connectivity index (χ0) is 24.1. The predicted molar refractivity (Wildman–Crippen MR) is 117 cm³/mol. The third-order valence-electron chi connectivity index (χ3n) is 5.53. The van der Waals surface area contributed by atoms with E-state index < -0.39 is 29.9 Å². The first-order valence-electron chi connectivity index (χ1n) is 10.3. The van der Waals surface area contributed by atoms with Crippen molar-refractivity contribution in [2.75, 3.05) is 25.5 Å². The number of nitrogens with two attached hydrogens (primary N) is 1. The van der Waals surface area contributed by atoms with Crippen molar-refractivity contribution >= 4 is 41.2 Å². The molecule has 1 aromatic rings. The summed E-state index contributed by atoms with van der Waals surface area (Å²) in [6, 6.07) is 4.58. The van der Waals surface area contributed by atoms with Crippen molar-refractivity contribution in [3.05, 3.63) is 29.8 Å². The Kier molecular flexibility index (Phi) is 7.23. The number of benzene rings is 1. The summed E-state index contributed by atoms with van der Waals surface area (Å²) in [5.41, 5.74) is 6.55. The molecule has 1 aromatic carbocycles. The molecular weight excluding hydrogens is 434 g/mol. The van der Waals surface area contributed by atoms with Crippen LogP contribution in [0.15, 0.2) is 34.3 Å². The van der Waals surface area contributed by atoms with E-state index in [0.29, 0.717) is 18.9 Å². The number of fused-ring (bicyclic) bond motifs is 1. The molecule has 3 rings (SSSR count). The van der Waals surface area contributed by atoms with Gasteiger partial charge in [0.15, 0.2) is 5.84 Å². The average molecular weight is 460 g/mol. The number of carbonyl (C=O) groups excluding carboxylic acids is 2. The second kappa shape index (κ2) is 10.1. The lowest BCUT2D eigenvalue weighted by Crippen LogP contribution is -3.21. The number of carboxylic acids is 2. The van der Waals surface area contributed by atoms with E-state index in [1.54, 1.807) is 12.1 Å². The molecule has 33 heavy (non-hydrogen) atoms. The van der Waals surface area contributed by atoms with E-state index in [0.717, 1.165) is 10.6 Å². The van der Waals surface area contributed by atoms with Gasteiger partial charge in [-0.2, -0.15) is 4.99 Å². The molecule has 13 nitrogen and oxygen atoms in total. The number of hydrogen-bond acceptors (Lipinski definition) is 8. The van der Waals surface area contributed by atoms with Crippen LogP contribution in [0.25, 0.3) is 0 Å². The summed E-state index contributed by atoms with van der Waals surface area (Å²) in [6.45, 7) is 0.968. The summed E-state index contributed by atoms with van der Waals surface area (Å²) in [5, 5.41) is 26.0. The summed E-state index contributed by atoms with van der Waals surface area (Å²) < 4.78 is 0. The van der Waals surface area contributed by atoms with Gasteiger partial charge in [0.25, 0.3) is 11.8 Å². The molecule has 13 heteroatoms. The first-order chi connectivity index (χ1) is 15.7. The van der Waals surface area contributed by atoms with Crippen molar-refractivity contribution in [3.8, 4) is 0 Å². The van der Waals surface area contributed by atoms with Crippen LogP contribution in [0.5, 0.6) is 0 Å². The number of anilines is 1. The Bertz CT molecular complexity index is 1010. The molecule has 4 atom stereocenters. The van der Waals surface area contributed by atoms with Crippen molar-refractivity contribution in [2.45, 2.75) is 31.0 Å². The maximum absolute atomic E-state index is 12.3. The third-order valence-corrected chi connectivity index (χ3v) is 5.53. The Morgan fingerprint density at radius 1 is 1.27 bits per heavy atom. The number of aliphatic imine (C=N–C) groups is 2. The number of carbonyl (C=O) groups is 4. The lowest BCUT2D eigenvalue weighted by molar-refractivity contribution is -0.910. The number of quaternary nitrogens is 1. The van der Waals surface area contributed by atoms with E-state index in [4.69, 9.17) is 10.8 Å². The molecule has 0 aliphatic carbocycles. The van der Waals surface area contributed by atoms with Crippen LogP contribution in [0.1, 0.15) is 23.2 Å². The molecule has 0 spiro atoms. The minimum Gasteiger partial charge on any atom is -0.481 e. The van der Waals surface area contributed by atoms with E-state index in [1.165, 1.54) is 12.1 Å². The highest BCUT2D eigenvalue weighted by atomic mass is 16.4. The minimum absolute atomic E-state index is 0.00689. The SMILES string of the molecule is C[NH+]1C(CNc2ccc(C(=O)NC(CCC(=O)O)C(=O)O)cc2)CN=C2N=C(N)NC(=O)C21. The zero-order valence-corrected chi connectivity index (χ0v) is 17.9. The summed E-state index contributed by atoms with van der Waals surface area (Å²) in [7, 11) is 1.89. The van der Waals surface area contributed by atoms with Crippen LogP contribution in [0.2, 0.25) is 0 Å². The predicted octanol–water partition coefficient (Wildman–Crippen LogP) is -2.75. The van der Waals surface area contributed by atoms with Gasteiger partial charge in [-0.3, -0.25) is 24.7 Å². The lowest BCUT2D eigenvalue weighted by atomic mass is 10.1. The van der Waals surface area contributed by atoms with Gasteiger partial charge in [-0.05, 0) is 30.7 Å². The lowest BCUT2D eigenvalue weighted by Gasteiger charge is -2.35. The molecule has 0 fully saturated rings. The third kappa shape index (κ3) is 5.83. The van der Waals surface area contributed by atoms with Gasteiger partial charge in [-0.25, -0.2) is 4.79 Å². The smallest absolute Gasteiger partial charge is 0.326 e. The summed E-state index contributed by atoms with van der Waals surface area (Å²) in [6.07, 6.45) is -0.583. The number of nitrogens with one attached hydrogen (secondary N) is 4. The highest BCUT2D eigenvalue weighted by molar-refractivity contribution is 6.18. The Balaban J connectivity index is 1.56. The average Bonchev–Trinajstić information content (AvgIpc) is 2.75. The van der Waals surface area contributed by atoms with E-state index in [1.807, 2.05) is 7.05 Å². The first kappa shape index (κ1) is 23.7. The number of aliphatic carboxylic acids is 2. The number of amides is 2. The molecule has 8 N–H and O–H groups in total. The standard InChI is InChI=1S/C20H25N7O6/c1-27-12(9-23-16-15(27)18(31)26-20(21)25-16)8-22-11-4-2-10(3-5-11)17(30)24-13(19(32)33)6-7-14(28)29/h2-5,12-13,15,22H,6-9H2,1H3,(H,24,30)(H,28,29)(H,32,33)(H3,21,23,25,26,31)/p+1. The monoisotopic (exact) mass is 460 g/mol. The fourth-order valence-electron chi connectivity index (χ4n) is 3.62. The molecule has 4 unspecified atom stereocenters. The van der Waals surface area contributed by atoms with Gasteiger partial charge in [-0.1, -0.05) is 0 Å². The van der Waals surface area contributed by atoms with Gasteiger partial charge in [0.1, 0.15) is 12.1 Å². The van der Waals surface area contributed by atoms with Crippen molar-refractivity contribution in [1.29, 1.82) is 0 Å². The Hall–Kier alpha value is -4.00. The molecule has 0 bridgehead atoms. The van der Waals surface area contributed by atoms with Crippen LogP contribution in [0, 0.1) is 0 Å². The summed E-state index contributed by atoms with van der Waals surface area (Å²) in [4.78, 5) is 55.9. The van der Waals surface area contributed by atoms with Crippen LogP contribution < -0.4 is 26.6 Å². The van der Waals surface area contributed by atoms with Crippen molar-refractivity contribution in [1.82, 2.24) is 10.6 Å². The topological polar surface area (TPSA) is 200 Å². The van der Waals surface area contributed by atoms with E-state index in [2.05, 4.69) is 25.9 Å². The summed E-state index contributed by atoms with van der Waals surface area (Å²) in [5.74, 6) is -2.84. The van der Waals surface area contributed by atoms with E-state index in [-0.39, 0.29) is 36.3 Å². The molecule has 2 aliphatic heterocycles. The largest absolute Gasteiger partial charge is 0.481 e. The number of rotatable bonds is 9. The second-order valence-electron chi connectivity index (χ2n) is 7.81. The maximum Gasteiger partial charge on any atom is 0.326 e. The highest BCUT2D eigenvalue weighted by Crippen LogP contribution is 2.11. The molecule has 0 radical (unpaired) electrons. The van der Waals surface area contributed by atoms with Crippen LogP contribution >= 0.6 is 0 Å². The van der Waals surface area contributed by atoms with Crippen molar-refractivity contribution in [2.24, 2.45) is 15.7 Å². The van der Waals surface area contributed by atoms with Gasteiger partial charge >= 0.3 is 11.9 Å². The number of guanidine groups is 1. The number of likely N-dealkylation sites (N-methyl/N-ethyl adjacent to an activating group) is 1. The normalized spacial score (nSPS) is 22.7. The highest BCUT2D eigenvalue weighted by Gasteiger charge is 2.42. The fourth-order valence-corrected chi connectivity index (χ4v) is 3.62. The second-order valence-corrected chi connectivity index (χ2v) is 7.81. The Morgan fingerprint density at radius 2 is 1.97 bits per heavy atom. The van der Waals surface area contributed by atoms with Crippen molar-refractivity contribution < 1.29 is 34.3 Å². The van der Waals surface area contributed by atoms with Gasteiger partial charge in [-0.15, -0.1) is 0 Å². The molecule has 2 aliphatic rings. The number of carboxylic acid groups (broad SMARTS) is 2. The maximum atomic E-state index is 12.3. The fraction of sp³-hybridized carbons (Fsp3) is 0.400. The van der Waals surface area contributed by atoms with E-state index in [9.17, 15) is 24.3 Å². The minimum atomic E-state index is -1.30.